The minimum atomic E-state index is -0.865. The summed E-state index contributed by atoms with van der Waals surface area (Å²) in [6.07, 6.45) is 101. The molecular weight excluding hydrogens is 963 g/mol. The van der Waals surface area contributed by atoms with Gasteiger partial charge >= 0.3 is 0 Å². The Bertz CT molecular complexity index is 1340. The van der Waals surface area contributed by atoms with E-state index in [2.05, 4.69) is 79.9 Å². The summed E-state index contributed by atoms with van der Waals surface area (Å²) in [4.78, 5) is 12.5. The van der Waals surface area contributed by atoms with Crippen molar-refractivity contribution < 1.29 is 15.0 Å². The van der Waals surface area contributed by atoms with Crippen LogP contribution in [-0.2, 0) is 4.79 Å². The van der Waals surface area contributed by atoms with Crippen molar-refractivity contribution in [3.8, 4) is 0 Å². The number of aliphatic hydroxyl groups is 2. The third-order valence-electron chi connectivity index (χ3n) is 16.4. The Hall–Kier alpha value is -2.17. The number of unbranched alkanes of at least 4 members (excludes halogenated alkanes) is 49. The standard InChI is InChI=1S/C75H139NO3/c1-3-5-7-9-11-13-15-17-19-21-23-25-27-29-31-33-35-37-38-39-41-43-45-47-49-51-53-55-57-59-61-63-65-67-69-71-75(79)76-73(72-77)74(78)70-68-66-64-62-60-58-56-54-52-50-48-46-44-42-40-36-34-32-30-28-26-24-22-20-18-16-14-12-10-8-6-4-2/h5,7,11,13,17,19,23,25,60,62,68,70,73-74,77-78H,3-4,6,8-10,12,14-16,18,20-22,24,26-59,61,63-67,69,71-72H2,1-2H3,(H,76,79)/b7-5-,13-11-,19-17-,25-23-,62-60+,70-68+. The molecular formula is C75H139NO3. The molecule has 1 amide bonds. The number of amides is 1. The van der Waals surface area contributed by atoms with Gasteiger partial charge in [0.05, 0.1) is 18.8 Å². The summed E-state index contributed by atoms with van der Waals surface area (Å²) in [6, 6.07) is -0.642. The maximum absolute atomic E-state index is 12.5. The summed E-state index contributed by atoms with van der Waals surface area (Å²) in [7, 11) is 0. The molecule has 2 unspecified atom stereocenters. The van der Waals surface area contributed by atoms with Gasteiger partial charge in [0, 0.05) is 6.42 Å². The Balaban J connectivity index is 3.45. The first-order chi connectivity index (χ1) is 39.2. The number of hydrogen-bond donors (Lipinski definition) is 3. The molecule has 4 heteroatoms. The van der Waals surface area contributed by atoms with E-state index in [9.17, 15) is 15.0 Å². The van der Waals surface area contributed by atoms with Gasteiger partial charge in [-0.25, -0.2) is 0 Å². The molecule has 0 spiro atoms. The average molecular weight is 1100 g/mol. The van der Waals surface area contributed by atoms with Gasteiger partial charge in [0.1, 0.15) is 0 Å². The molecule has 462 valence electrons. The number of rotatable bonds is 66. The van der Waals surface area contributed by atoms with Crippen LogP contribution in [0.4, 0.5) is 0 Å². The molecule has 0 rings (SSSR count). The summed E-state index contributed by atoms with van der Waals surface area (Å²) in [5.41, 5.74) is 0. The molecule has 0 aliphatic rings. The Morgan fingerprint density at radius 2 is 0.570 bits per heavy atom. The van der Waals surface area contributed by atoms with Gasteiger partial charge in [-0.05, 0) is 70.6 Å². The predicted octanol–water partition coefficient (Wildman–Crippen LogP) is 24.4. The van der Waals surface area contributed by atoms with E-state index < -0.39 is 12.1 Å². The van der Waals surface area contributed by atoms with Crippen LogP contribution >= 0.6 is 0 Å². The Kier molecular flexibility index (Phi) is 68.2. The van der Waals surface area contributed by atoms with Crippen LogP contribution in [0.2, 0.25) is 0 Å². The summed E-state index contributed by atoms with van der Waals surface area (Å²) >= 11 is 0. The van der Waals surface area contributed by atoms with Gasteiger partial charge < -0.3 is 15.5 Å². The second-order valence-corrected chi connectivity index (χ2v) is 24.3. The molecule has 0 radical (unpaired) electrons. The van der Waals surface area contributed by atoms with Gasteiger partial charge in [-0.2, -0.15) is 0 Å². The van der Waals surface area contributed by atoms with Gasteiger partial charge in [-0.1, -0.05) is 376 Å². The molecule has 0 fully saturated rings. The number of hydrogen-bond acceptors (Lipinski definition) is 3. The number of nitrogens with one attached hydrogen (secondary N) is 1. The van der Waals surface area contributed by atoms with Crippen molar-refractivity contribution in [3.05, 3.63) is 72.9 Å². The van der Waals surface area contributed by atoms with Crippen LogP contribution in [-0.4, -0.2) is 34.9 Å². The van der Waals surface area contributed by atoms with Gasteiger partial charge in [0.15, 0.2) is 0 Å². The molecule has 0 aliphatic heterocycles. The van der Waals surface area contributed by atoms with Gasteiger partial charge in [0.25, 0.3) is 0 Å². The molecule has 0 aromatic heterocycles. The van der Waals surface area contributed by atoms with Crippen LogP contribution in [0.15, 0.2) is 72.9 Å². The van der Waals surface area contributed by atoms with Crippen LogP contribution < -0.4 is 5.32 Å². The van der Waals surface area contributed by atoms with E-state index in [-0.39, 0.29) is 12.5 Å². The van der Waals surface area contributed by atoms with Gasteiger partial charge in [-0.3, -0.25) is 4.79 Å². The quantitative estimate of drug-likeness (QED) is 0.0420. The minimum absolute atomic E-state index is 0.0677. The first-order valence-corrected chi connectivity index (χ1v) is 35.7. The SMILES string of the molecule is CC/C=C\C/C=C\C/C=C\C/C=C\CCCCCCCCCCCCCCCCCCCCCCCCC(=O)NC(CO)C(O)/C=C/CC/C=C/CCCCCCCCCCCCCCCCCCCCCCCCCCCC. The predicted molar refractivity (Wildman–Crippen MR) is 354 cm³/mol. The lowest BCUT2D eigenvalue weighted by Gasteiger charge is -2.19. The number of carbonyl (C=O) groups excluding carboxylic acids is 1. The van der Waals surface area contributed by atoms with Crippen molar-refractivity contribution in [2.75, 3.05) is 6.61 Å². The van der Waals surface area contributed by atoms with E-state index >= 15 is 0 Å². The Morgan fingerprint density at radius 1 is 0.316 bits per heavy atom. The highest BCUT2D eigenvalue weighted by molar-refractivity contribution is 5.76. The molecule has 0 saturated carbocycles. The highest BCUT2D eigenvalue weighted by Gasteiger charge is 2.18. The third kappa shape index (κ3) is 66.5. The van der Waals surface area contributed by atoms with E-state index in [4.69, 9.17) is 0 Å². The van der Waals surface area contributed by atoms with Gasteiger partial charge in [-0.15, -0.1) is 0 Å². The molecule has 3 N–H and O–H groups in total. The first kappa shape index (κ1) is 76.8. The lowest BCUT2D eigenvalue weighted by atomic mass is 10.0. The van der Waals surface area contributed by atoms with Crippen molar-refractivity contribution >= 4 is 5.91 Å². The van der Waals surface area contributed by atoms with Crippen LogP contribution in [0, 0.1) is 0 Å². The molecule has 79 heavy (non-hydrogen) atoms. The fraction of sp³-hybridized carbons (Fsp3) is 0.827. The molecule has 4 nitrogen and oxygen atoms in total. The summed E-state index contributed by atoms with van der Waals surface area (Å²) in [5, 5.41) is 23.3. The molecule has 0 aliphatic carbocycles. The van der Waals surface area contributed by atoms with Crippen molar-refractivity contribution in [3.63, 3.8) is 0 Å². The lowest BCUT2D eigenvalue weighted by molar-refractivity contribution is -0.123. The highest BCUT2D eigenvalue weighted by Crippen LogP contribution is 2.19. The van der Waals surface area contributed by atoms with E-state index in [0.29, 0.717) is 6.42 Å². The summed E-state index contributed by atoms with van der Waals surface area (Å²) < 4.78 is 0. The zero-order chi connectivity index (χ0) is 56.9. The second kappa shape index (κ2) is 70.1. The number of aliphatic hydroxyl groups excluding tert-OH is 2. The largest absolute Gasteiger partial charge is 0.394 e. The number of allylic oxidation sites excluding steroid dienone is 11. The monoisotopic (exact) mass is 1100 g/mol. The van der Waals surface area contributed by atoms with Crippen molar-refractivity contribution in [1.82, 2.24) is 5.32 Å². The molecule has 2 atom stereocenters. The van der Waals surface area contributed by atoms with E-state index in [1.165, 1.54) is 302 Å². The first-order valence-electron chi connectivity index (χ1n) is 35.7. The highest BCUT2D eigenvalue weighted by atomic mass is 16.3. The second-order valence-electron chi connectivity index (χ2n) is 24.3. The zero-order valence-electron chi connectivity index (χ0n) is 53.4. The molecule has 0 aromatic carbocycles. The van der Waals surface area contributed by atoms with E-state index in [1.54, 1.807) is 6.08 Å². The third-order valence-corrected chi connectivity index (χ3v) is 16.4. The lowest BCUT2D eigenvalue weighted by Crippen LogP contribution is -2.45. The fourth-order valence-corrected chi connectivity index (χ4v) is 11.1. The Morgan fingerprint density at radius 3 is 0.886 bits per heavy atom. The molecule has 0 bridgehead atoms. The van der Waals surface area contributed by atoms with Crippen LogP contribution in [0.5, 0.6) is 0 Å². The van der Waals surface area contributed by atoms with Crippen LogP contribution in [0.25, 0.3) is 0 Å². The summed E-state index contributed by atoms with van der Waals surface area (Å²) in [6.45, 7) is 4.22. The fourth-order valence-electron chi connectivity index (χ4n) is 11.1. The molecule has 0 heterocycles. The van der Waals surface area contributed by atoms with Gasteiger partial charge in [0.2, 0.25) is 5.91 Å². The maximum Gasteiger partial charge on any atom is 0.220 e. The van der Waals surface area contributed by atoms with E-state index in [1.807, 2.05) is 6.08 Å². The van der Waals surface area contributed by atoms with Crippen molar-refractivity contribution in [2.24, 2.45) is 0 Å². The smallest absolute Gasteiger partial charge is 0.220 e. The summed E-state index contributed by atoms with van der Waals surface area (Å²) in [5.74, 6) is -0.0677. The van der Waals surface area contributed by atoms with E-state index in [0.717, 1.165) is 57.8 Å². The van der Waals surface area contributed by atoms with Crippen molar-refractivity contribution in [2.45, 2.75) is 392 Å². The van der Waals surface area contributed by atoms with Crippen LogP contribution in [0.3, 0.4) is 0 Å². The molecule has 0 saturated heterocycles. The normalized spacial score (nSPS) is 13.1. The Labute approximate surface area is 495 Å². The molecule has 0 aromatic rings. The maximum atomic E-state index is 12.5. The average Bonchev–Trinajstić information content (AvgIpc) is 3.45. The topological polar surface area (TPSA) is 69.6 Å². The zero-order valence-corrected chi connectivity index (χ0v) is 53.4. The minimum Gasteiger partial charge on any atom is -0.394 e. The number of carbonyl (C=O) groups is 1. The van der Waals surface area contributed by atoms with Crippen LogP contribution in [0.1, 0.15) is 380 Å². The van der Waals surface area contributed by atoms with Crippen molar-refractivity contribution in [1.29, 1.82) is 0 Å².